The van der Waals surface area contributed by atoms with E-state index in [2.05, 4.69) is 20.7 Å². The van der Waals surface area contributed by atoms with E-state index in [1.165, 1.54) is 0 Å². The molecular formula is C14H19BrO10. The molecule has 11 heteroatoms. The molecule has 0 aliphatic heterocycles. The van der Waals surface area contributed by atoms with Crippen LogP contribution >= 0.6 is 15.9 Å². The molecule has 0 rings (SSSR count). The Labute approximate surface area is 157 Å². The molecule has 0 unspecified atom stereocenters. The van der Waals surface area contributed by atoms with E-state index in [9.17, 15) is 29.1 Å². The molecular weight excluding hydrogens is 408 g/mol. The van der Waals surface area contributed by atoms with Crippen molar-refractivity contribution in [1.82, 2.24) is 0 Å². The van der Waals surface area contributed by atoms with Crippen LogP contribution in [0.25, 0.3) is 0 Å². The van der Waals surface area contributed by atoms with Crippen LogP contribution in [0.2, 0.25) is 0 Å². The fourth-order valence-electron chi connectivity index (χ4n) is 1.63. The van der Waals surface area contributed by atoms with Gasteiger partial charge in [0.1, 0.15) is 12.7 Å². The minimum absolute atomic E-state index is 0.787. The molecule has 0 saturated carbocycles. The number of carbonyl (C=O) groups excluding carboxylic acids is 5. The Balaban J connectivity index is 5.96. The molecule has 0 bridgehead atoms. The summed E-state index contributed by atoms with van der Waals surface area (Å²) in [5.41, 5.74) is 0. The Bertz CT molecular complexity index is 605. The van der Waals surface area contributed by atoms with Crippen LogP contribution < -0.4 is 0 Å². The van der Waals surface area contributed by atoms with Crippen LogP contribution in [0.5, 0.6) is 0 Å². The lowest BCUT2D eigenvalue weighted by Gasteiger charge is -2.32. The average molecular weight is 431 g/mol. The Morgan fingerprint density at radius 2 is 1.36 bits per heavy atom. The van der Waals surface area contributed by atoms with Crippen LogP contribution in [0.15, 0.2) is 0 Å². The van der Waals surface area contributed by atoms with Gasteiger partial charge in [0, 0.05) is 33.1 Å². The third-order valence-electron chi connectivity index (χ3n) is 2.43. The van der Waals surface area contributed by atoms with Gasteiger partial charge in [-0.2, -0.15) is 0 Å². The van der Waals surface area contributed by atoms with Crippen molar-refractivity contribution in [1.29, 1.82) is 0 Å². The van der Waals surface area contributed by atoms with Gasteiger partial charge in [0.25, 0.3) is 0 Å². The molecule has 0 amide bonds. The van der Waals surface area contributed by atoms with Crippen molar-refractivity contribution in [2.45, 2.75) is 52.0 Å². The van der Waals surface area contributed by atoms with E-state index in [-0.39, 0.29) is 0 Å². The zero-order valence-corrected chi connectivity index (χ0v) is 14.4. The van der Waals surface area contributed by atoms with E-state index >= 15 is 0 Å². The van der Waals surface area contributed by atoms with E-state index in [0.29, 0.717) is 0 Å². The largest absolute Gasteiger partial charge is 0.463 e. The van der Waals surface area contributed by atoms with Crippen LogP contribution in [0.1, 0.15) is 33.1 Å². The molecule has 0 fully saturated rings. The van der Waals surface area contributed by atoms with Crippen molar-refractivity contribution in [2.24, 2.45) is 0 Å². The summed E-state index contributed by atoms with van der Waals surface area (Å²) in [4.78, 5) is 57.6. The highest BCUT2D eigenvalue weighted by Gasteiger charge is 2.44. The summed E-state index contributed by atoms with van der Waals surface area (Å²) in [7, 11) is 0. The number of ether oxygens (including phenoxy) is 4. The summed E-state index contributed by atoms with van der Waals surface area (Å²) < 4.78 is 45.6. The summed E-state index contributed by atoms with van der Waals surface area (Å²) in [5, 5.41) is 10.3. The number of hydrogen-bond donors (Lipinski definition) is 1. The Morgan fingerprint density at radius 1 is 0.880 bits per heavy atom. The molecule has 25 heavy (non-hydrogen) atoms. The number of carbonyl (C=O) groups is 5. The van der Waals surface area contributed by atoms with Crippen LogP contribution in [0.4, 0.5) is 0 Å². The van der Waals surface area contributed by atoms with E-state index < -0.39 is 87.2 Å². The number of rotatable bonds is 9. The smallest absolute Gasteiger partial charge is 0.303 e. The number of esters is 4. The topological polar surface area (TPSA) is 143 Å². The third kappa shape index (κ3) is 9.15. The van der Waals surface area contributed by atoms with Crippen LogP contribution in [0, 0.1) is 0 Å². The van der Waals surface area contributed by atoms with Crippen molar-refractivity contribution in [3.8, 4) is 0 Å². The Kier molecular flexibility index (Phi) is 7.09. The molecule has 10 nitrogen and oxygen atoms in total. The predicted octanol–water partition coefficient (Wildman–Crippen LogP) is -0.373. The maximum atomic E-state index is 11.9. The number of halogens is 1. The lowest BCUT2D eigenvalue weighted by molar-refractivity contribution is -0.195. The highest BCUT2D eigenvalue weighted by atomic mass is 79.9. The van der Waals surface area contributed by atoms with E-state index in [4.69, 9.17) is 19.7 Å². The van der Waals surface area contributed by atoms with E-state index in [0.717, 1.165) is 0 Å². The van der Waals surface area contributed by atoms with Gasteiger partial charge in [-0.25, -0.2) is 0 Å². The third-order valence-corrected chi connectivity index (χ3v) is 2.88. The maximum absolute atomic E-state index is 11.9. The molecule has 0 aromatic heterocycles. The van der Waals surface area contributed by atoms with Crippen LogP contribution in [-0.4, -0.2) is 64.7 Å². The van der Waals surface area contributed by atoms with E-state index in [1.54, 1.807) is 0 Å². The van der Waals surface area contributed by atoms with Crippen molar-refractivity contribution < 1.29 is 53.5 Å². The number of aliphatic hydroxyl groups excluding tert-OH is 1. The lowest BCUT2D eigenvalue weighted by atomic mass is 10.0. The highest BCUT2D eigenvalue weighted by molar-refractivity contribution is 9.18. The summed E-state index contributed by atoms with van der Waals surface area (Å²) in [6, 6.07) is 0. The van der Waals surface area contributed by atoms with Gasteiger partial charge in [-0.1, -0.05) is 0 Å². The second kappa shape index (κ2) is 10.8. The minimum atomic E-state index is -2.01. The zero-order chi connectivity index (χ0) is 22.6. The molecule has 0 heterocycles. The second-order valence-corrected chi connectivity index (χ2v) is 5.16. The molecule has 0 aromatic rings. The van der Waals surface area contributed by atoms with E-state index in [1.807, 2.05) is 0 Å². The van der Waals surface area contributed by atoms with Gasteiger partial charge in [-0.05, 0) is 15.9 Å². The van der Waals surface area contributed by atoms with Gasteiger partial charge in [0.15, 0.2) is 12.2 Å². The zero-order valence-electron chi connectivity index (χ0n) is 16.8. The standard InChI is InChI=1S/C14H19BrO10/c1-6(16)22-5-10(20)11(23-7(2)17)12(24-8(3)18)13(14(15)21)25-9(4)19/h10-13,20H,5H2,1-4H3/t10-,11+,12+,13-/m1/s1/i1D,2D,3D,4D. The van der Waals surface area contributed by atoms with Crippen LogP contribution in [0.3, 0.4) is 0 Å². The quantitative estimate of drug-likeness (QED) is 0.292. The lowest BCUT2D eigenvalue weighted by Crippen LogP contribution is -2.53. The summed E-state index contributed by atoms with van der Waals surface area (Å²) in [5.74, 6) is -4.77. The molecule has 0 aliphatic rings. The van der Waals surface area contributed by atoms with Crippen molar-refractivity contribution in [2.75, 3.05) is 6.61 Å². The number of aliphatic hydroxyl groups is 1. The molecule has 0 radical (unpaired) electrons. The monoisotopic (exact) mass is 430 g/mol. The maximum Gasteiger partial charge on any atom is 0.303 e. The predicted molar refractivity (Wildman–Crippen MR) is 83.2 cm³/mol. The molecule has 4 atom stereocenters. The first-order valence-electron chi connectivity index (χ1n) is 9.22. The van der Waals surface area contributed by atoms with Crippen molar-refractivity contribution >= 4 is 44.5 Å². The molecule has 0 aromatic carbocycles. The van der Waals surface area contributed by atoms with Crippen molar-refractivity contribution in [3.63, 3.8) is 0 Å². The molecule has 142 valence electrons. The van der Waals surface area contributed by atoms with Gasteiger partial charge >= 0.3 is 23.9 Å². The van der Waals surface area contributed by atoms with Gasteiger partial charge in [0.2, 0.25) is 10.8 Å². The Hall–Kier alpha value is -2.01. The van der Waals surface area contributed by atoms with Crippen LogP contribution in [-0.2, 0) is 42.9 Å². The van der Waals surface area contributed by atoms with Gasteiger partial charge in [0.05, 0.1) is 0 Å². The SMILES string of the molecule is [2H]CC(=O)OC[C@@H](O)[C@H](OC(=O)C[2H])[C@H](OC(=O)C[2H])[C@@H](OC(=O)C[2H])C(=O)Br. The molecule has 1 N–H and O–H groups in total. The average Bonchev–Trinajstić information content (AvgIpc) is 2.71. The molecule has 0 aliphatic carbocycles. The normalized spacial score (nSPS) is 17.2. The van der Waals surface area contributed by atoms with Gasteiger partial charge < -0.3 is 24.1 Å². The van der Waals surface area contributed by atoms with Crippen molar-refractivity contribution in [3.05, 3.63) is 0 Å². The first-order valence-corrected chi connectivity index (χ1v) is 7.18. The molecule has 0 saturated heterocycles. The number of hydrogen-bond acceptors (Lipinski definition) is 10. The second-order valence-electron chi connectivity index (χ2n) is 4.37. The van der Waals surface area contributed by atoms with Gasteiger partial charge in [-0.3, -0.25) is 24.0 Å². The Morgan fingerprint density at radius 3 is 1.84 bits per heavy atom. The fourth-order valence-corrected chi connectivity index (χ4v) is 1.98. The summed E-state index contributed by atoms with van der Waals surface area (Å²) in [6.07, 6.45) is -7.91. The fraction of sp³-hybridized carbons (Fsp3) is 0.643. The molecule has 0 spiro atoms. The highest BCUT2D eigenvalue weighted by Crippen LogP contribution is 2.20. The minimum Gasteiger partial charge on any atom is -0.463 e. The first kappa shape index (κ1) is 16.5. The summed E-state index contributed by atoms with van der Waals surface area (Å²) in [6.45, 7) is -4.46. The summed E-state index contributed by atoms with van der Waals surface area (Å²) >= 11 is 2.50. The van der Waals surface area contributed by atoms with Gasteiger partial charge in [-0.15, -0.1) is 0 Å². The first-order chi connectivity index (χ1) is 13.6.